The van der Waals surface area contributed by atoms with Crippen LogP contribution in [0.5, 0.6) is 0 Å². The van der Waals surface area contributed by atoms with E-state index in [1.54, 1.807) is 23.8 Å². The smallest absolute Gasteiger partial charge is 0.279 e. The molecule has 0 amide bonds. The number of rotatable bonds is 6. The van der Waals surface area contributed by atoms with E-state index in [0.29, 0.717) is 76.4 Å². The Balaban J connectivity index is 1.28. The molecule has 0 aromatic carbocycles. The maximum absolute atomic E-state index is 12.8. The van der Waals surface area contributed by atoms with E-state index in [1.807, 2.05) is 0 Å². The van der Waals surface area contributed by atoms with Gasteiger partial charge < -0.3 is 15.2 Å². The van der Waals surface area contributed by atoms with E-state index in [9.17, 15) is 18.3 Å². The fraction of sp³-hybridized carbons (Fsp3) is 0.696. The predicted molar refractivity (Wildman–Crippen MR) is 131 cm³/mol. The second kappa shape index (κ2) is 9.74. The fourth-order valence-electron chi connectivity index (χ4n) is 5.47. The summed E-state index contributed by atoms with van der Waals surface area (Å²) in [6.07, 6.45) is 6.51. The van der Waals surface area contributed by atoms with Gasteiger partial charge in [0, 0.05) is 56.0 Å². The zero-order valence-corrected chi connectivity index (χ0v) is 20.8. The summed E-state index contributed by atoms with van der Waals surface area (Å²) in [4.78, 5) is 21.9. The van der Waals surface area contributed by atoms with Crippen LogP contribution in [0.25, 0.3) is 11.0 Å². The zero-order valence-electron chi connectivity index (χ0n) is 20.0. The monoisotopic (exact) mass is 506 g/mol. The number of aliphatic hydroxyl groups is 1. The molecular weight excluding hydrogens is 472 g/mol. The van der Waals surface area contributed by atoms with Crippen molar-refractivity contribution in [3.8, 4) is 0 Å². The van der Waals surface area contributed by atoms with Gasteiger partial charge in [0.25, 0.3) is 15.8 Å². The molecule has 2 saturated heterocycles. The van der Waals surface area contributed by atoms with Gasteiger partial charge in [-0.1, -0.05) is 0 Å². The maximum Gasteiger partial charge on any atom is 0.279 e. The first-order valence-electron chi connectivity index (χ1n) is 12.5. The van der Waals surface area contributed by atoms with Crippen molar-refractivity contribution in [2.24, 2.45) is 0 Å². The lowest BCUT2D eigenvalue weighted by Crippen LogP contribution is -2.50. The Morgan fingerprint density at radius 1 is 1.11 bits per heavy atom. The lowest BCUT2D eigenvalue weighted by atomic mass is 10.00. The molecule has 4 heterocycles. The van der Waals surface area contributed by atoms with Crippen molar-refractivity contribution in [1.82, 2.24) is 23.6 Å². The summed E-state index contributed by atoms with van der Waals surface area (Å²) in [5.41, 5.74) is -0.652. The van der Waals surface area contributed by atoms with Crippen LogP contribution in [0.4, 0.5) is 5.95 Å². The molecule has 192 valence electrons. The highest BCUT2D eigenvalue weighted by molar-refractivity contribution is 7.87. The quantitative estimate of drug-likeness (QED) is 0.531. The maximum atomic E-state index is 12.8. The summed E-state index contributed by atoms with van der Waals surface area (Å²) in [6.45, 7) is 3.74. The van der Waals surface area contributed by atoms with Crippen molar-refractivity contribution in [3.63, 3.8) is 0 Å². The van der Waals surface area contributed by atoms with Crippen molar-refractivity contribution in [3.05, 3.63) is 28.7 Å². The molecule has 0 spiro atoms. The van der Waals surface area contributed by atoms with Crippen LogP contribution < -0.4 is 15.6 Å². The van der Waals surface area contributed by atoms with Gasteiger partial charge in [-0.2, -0.15) is 22.4 Å². The minimum atomic E-state index is -3.53. The van der Waals surface area contributed by atoms with E-state index < -0.39 is 15.8 Å². The summed E-state index contributed by atoms with van der Waals surface area (Å²) >= 11 is 0. The highest BCUT2D eigenvalue weighted by atomic mass is 32.2. The third-order valence-electron chi connectivity index (χ3n) is 7.52. The van der Waals surface area contributed by atoms with E-state index >= 15 is 0 Å². The predicted octanol–water partition coefficient (Wildman–Crippen LogP) is 1.16. The van der Waals surface area contributed by atoms with E-state index in [-0.39, 0.29) is 23.7 Å². The van der Waals surface area contributed by atoms with Gasteiger partial charge in [-0.05, 0) is 57.9 Å². The van der Waals surface area contributed by atoms with Crippen molar-refractivity contribution < 1.29 is 18.3 Å². The van der Waals surface area contributed by atoms with Crippen molar-refractivity contribution in [2.75, 3.05) is 31.6 Å². The first-order valence-corrected chi connectivity index (χ1v) is 13.9. The molecule has 35 heavy (non-hydrogen) atoms. The first kappa shape index (κ1) is 24.6. The Labute approximate surface area is 205 Å². The molecule has 2 atom stereocenters. The second-order valence-electron chi connectivity index (χ2n) is 10.1. The number of aromatic nitrogens is 3. The van der Waals surface area contributed by atoms with Crippen LogP contribution in [-0.2, 0) is 14.9 Å². The molecule has 11 nitrogen and oxygen atoms in total. The Kier molecular flexibility index (Phi) is 6.83. The third kappa shape index (κ3) is 5.21. The number of ether oxygens (including phenoxy) is 1. The van der Waals surface area contributed by atoms with Gasteiger partial charge in [-0.3, -0.25) is 9.36 Å². The highest BCUT2D eigenvalue weighted by Gasteiger charge is 2.39. The minimum Gasteiger partial charge on any atom is -0.388 e. The summed E-state index contributed by atoms with van der Waals surface area (Å²) in [5.74, 6) is 0.399. The molecule has 0 radical (unpaired) electrons. The van der Waals surface area contributed by atoms with Crippen LogP contribution >= 0.6 is 0 Å². The molecule has 1 saturated carbocycles. The van der Waals surface area contributed by atoms with Gasteiger partial charge in [-0.15, -0.1) is 0 Å². The number of nitrogens with zero attached hydrogens (tertiary/aromatic N) is 4. The largest absolute Gasteiger partial charge is 0.388 e. The number of fused-ring (bicyclic) bond motifs is 1. The van der Waals surface area contributed by atoms with Gasteiger partial charge in [0.2, 0.25) is 5.95 Å². The standard InChI is InChI=1S/C23H34N6O5S/c1-23(31)10-2-3-19(23)29-20(30)5-4-16-15-24-22(26-21(16)29)25-17-6-11-28(12-7-17)35(32,33)27-18-8-13-34-14-9-18/h4-5,15,17-19,27,31H,2-3,6-14H2,1H3,(H,24,25,26). The topological polar surface area (TPSA) is 139 Å². The number of hydrogen-bond acceptors (Lipinski definition) is 8. The van der Waals surface area contributed by atoms with Gasteiger partial charge in [0.1, 0.15) is 5.65 Å². The third-order valence-corrected chi connectivity index (χ3v) is 9.20. The Bertz CT molecular complexity index is 1220. The second-order valence-corrected chi connectivity index (χ2v) is 11.8. The van der Waals surface area contributed by atoms with Crippen LogP contribution in [0.15, 0.2) is 23.1 Å². The highest BCUT2D eigenvalue weighted by Crippen LogP contribution is 2.39. The van der Waals surface area contributed by atoms with Crippen LogP contribution in [0.1, 0.15) is 57.9 Å². The number of pyridine rings is 1. The van der Waals surface area contributed by atoms with Crippen LogP contribution in [0.3, 0.4) is 0 Å². The molecule has 3 fully saturated rings. The minimum absolute atomic E-state index is 0.0143. The number of nitrogens with one attached hydrogen (secondary N) is 2. The van der Waals surface area contributed by atoms with Gasteiger partial charge >= 0.3 is 0 Å². The van der Waals surface area contributed by atoms with E-state index in [1.165, 1.54) is 10.4 Å². The van der Waals surface area contributed by atoms with Gasteiger partial charge in [0.05, 0.1) is 11.6 Å². The molecule has 1 aliphatic carbocycles. The molecule has 3 aliphatic rings. The SMILES string of the molecule is CC1(O)CCCC1n1c(=O)ccc2cnc(NC3CCN(S(=O)(=O)NC4CCOCC4)CC3)nc21. The Morgan fingerprint density at radius 2 is 1.86 bits per heavy atom. The molecule has 0 bridgehead atoms. The number of anilines is 1. The average molecular weight is 507 g/mol. The zero-order chi connectivity index (χ0) is 24.6. The summed E-state index contributed by atoms with van der Waals surface area (Å²) in [6, 6.07) is 2.81. The molecule has 3 N–H and O–H groups in total. The molecule has 5 rings (SSSR count). The number of piperidine rings is 1. The van der Waals surface area contributed by atoms with Crippen molar-refractivity contribution >= 4 is 27.2 Å². The average Bonchev–Trinajstić information content (AvgIpc) is 3.18. The fourth-order valence-corrected chi connectivity index (χ4v) is 6.97. The molecule has 2 unspecified atom stereocenters. The Hall–Kier alpha value is -2.12. The number of hydrogen-bond donors (Lipinski definition) is 3. The summed E-state index contributed by atoms with van der Waals surface area (Å²) in [5, 5.41) is 14.9. The Morgan fingerprint density at radius 3 is 2.54 bits per heavy atom. The summed E-state index contributed by atoms with van der Waals surface area (Å²) in [7, 11) is -3.53. The van der Waals surface area contributed by atoms with E-state index in [4.69, 9.17) is 4.74 Å². The van der Waals surface area contributed by atoms with Gasteiger partial charge in [0.15, 0.2) is 0 Å². The van der Waals surface area contributed by atoms with E-state index in [2.05, 4.69) is 20.0 Å². The normalized spacial score (nSPS) is 27.4. The van der Waals surface area contributed by atoms with E-state index in [0.717, 1.165) is 11.8 Å². The van der Waals surface area contributed by atoms with Crippen LogP contribution in [0, 0.1) is 0 Å². The lowest BCUT2D eigenvalue weighted by molar-refractivity contribution is 0.0267. The first-order chi connectivity index (χ1) is 16.7. The van der Waals surface area contributed by atoms with Crippen LogP contribution in [-0.4, -0.2) is 76.4 Å². The molecule has 12 heteroatoms. The molecular formula is C23H34N6O5S. The lowest BCUT2D eigenvalue weighted by Gasteiger charge is -2.33. The van der Waals surface area contributed by atoms with Crippen LogP contribution in [0.2, 0.25) is 0 Å². The summed E-state index contributed by atoms with van der Waals surface area (Å²) < 4.78 is 36.8. The van der Waals surface area contributed by atoms with Crippen molar-refractivity contribution in [1.29, 1.82) is 0 Å². The van der Waals surface area contributed by atoms with Gasteiger partial charge in [-0.25, -0.2) is 4.98 Å². The molecule has 2 aliphatic heterocycles. The van der Waals surface area contributed by atoms with Crippen molar-refractivity contribution in [2.45, 2.75) is 75.6 Å². The molecule has 2 aromatic rings. The molecule has 2 aromatic heterocycles.